The summed E-state index contributed by atoms with van der Waals surface area (Å²) in [7, 11) is -9.92. The van der Waals surface area contributed by atoms with Crippen LogP contribution in [0.25, 0.3) is 0 Å². The van der Waals surface area contributed by atoms with Gasteiger partial charge in [-0.05, 0) is 49.4 Å². The van der Waals surface area contributed by atoms with Gasteiger partial charge in [0.1, 0.15) is 19.3 Å². The molecule has 0 aromatic carbocycles. The molecular formula is C78H152O17P2. The quantitative estimate of drug-likeness (QED) is 0.0222. The van der Waals surface area contributed by atoms with E-state index in [-0.39, 0.29) is 25.7 Å². The zero-order valence-corrected chi connectivity index (χ0v) is 65.5. The lowest BCUT2D eigenvalue weighted by atomic mass is 10.00. The SMILES string of the molecule is CCC(C)CCCCCCCCC(=O)OC[C@H](COP(=O)(O)OC[C@H](O)COP(=O)(O)OC[C@@H](COC(=O)CCCCCCCCCCCCC(C)C)OC(=O)CCCCCCCCCCCCCCCC(C)C)OC(=O)CCCCCCCCCCCCCCCCCC(C)C. The highest BCUT2D eigenvalue weighted by molar-refractivity contribution is 7.47. The van der Waals surface area contributed by atoms with Gasteiger partial charge in [0.15, 0.2) is 12.2 Å². The van der Waals surface area contributed by atoms with Gasteiger partial charge in [-0.3, -0.25) is 37.3 Å². The lowest BCUT2D eigenvalue weighted by Gasteiger charge is -2.21. The molecule has 97 heavy (non-hydrogen) atoms. The largest absolute Gasteiger partial charge is 0.472 e. The Morgan fingerprint density at radius 3 is 0.732 bits per heavy atom. The van der Waals surface area contributed by atoms with E-state index in [4.69, 9.17) is 37.0 Å². The molecule has 3 N–H and O–H groups in total. The number of phosphoric acid groups is 2. The van der Waals surface area contributed by atoms with Crippen LogP contribution < -0.4 is 0 Å². The number of carbonyl (C=O) groups is 4. The van der Waals surface area contributed by atoms with Crippen molar-refractivity contribution in [3.63, 3.8) is 0 Å². The van der Waals surface area contributed by atoms with Gasteiger partial charge in [0.2, 0.25) is 0 Å². The molecular weight excluding hydrogens is 1270 g/mol. The highest BCUT2D eigenvalue weighted by Crippen LogP contribution is 2.45. The lowest BCUT2D eigenvalue weighted by molar-refractivity contribution is -0.161. The number of hydrogen-bond acceptors (Lipinski definition) is 15. The molecule has 0 aromatic rings. The summed E-state index contributed by atoms with van der Waals surface area (Å²) in [6, 6.07) is 0. The van der Waals surface area contributed by atoms with Crippen molar-refractivity contribution < 1.29 is 80.2 Å². The first-order valence-corrected chi connectivity index (χ1v) is 43.2. The van der Waals surface area contributed by atoms with Crippen molar-refractivity contribution in [3.8, 4) is 0 Å². The number of aliphatic hydroxyl groups is 1. The number of carbonyl (C=O) groups excluding carboxylic acids is 4. The third kappa shape index (κ3) is 70.9. The second-order valence-corrected chi connectivity index (χ2v) is 32.7. The van der Waals surface area contributed by atoms with Gasteiger partial charge in [-0.1, -0.05) is 344 Å². The Balaban J connectivity index is 5.24. The molecule has 3 unspecified atom stereocenters. The predicted octanol–water partition coefficient (Wildman–Crippen LogP) is 22.8. The molecule has 19 heteroatoms. The van der Waals surface area contributed by atoms with Crippen molar-refractivity contribution in [3.05, 3.63) is 0 Å². The Bertz CT molecular complexity index is 1900. The van der Waals surface area contributed by atoms with Crippen molar-refractivity contribution in [1.29, 1.82) is 0 Å². The van der Waals surface area contributed by atoms with Crippen LogP contribution in [0.15, 0.2) is 0 Å². The fraction of sp³-hybridized carbons (Fsp3) is 0.949. The van der Waals surface area contributed by atoms with Crippen molar-refractivity contribution in [2.24, 2.45) is 23.7 Å². The van der Waals surface area contributed by atoms with Crippen LogP contribution >= 0.6 is 15.6 Å². The van der Waals surface area contributed by atoms with Crippen molar-refractivity contribution >= 4 is 39.5 Å². The molecule has 0 aliphatic heterocycles. The van der Waals surface area contributed by atoms with Crippen LogP contribution in [-0.2, 0) is 65.4 Å². The maximum atomic E-state index is 13.1. The fourth-order valence-corrected chi connectivity index (χ4v) is 13.5. The van der Waals surface area contributed by atoms with Gasteiger partial charge in [0, 0.05) is 25.7 Å². The number of aliphatic hydroxyl groups excluding tert-OH is 1. The molecule has 0 fully saturated rings. The second-order valence-electron chi connectivity index (χ2n) is 29.8. The predicted molar refractivity (Wildman–Crippen MR) is 395 cm³/mol. The number of ether oxygens (including phenoxy) is 4. The highest BCUT2D eigenvalue weighted by Gasteiger charge is 2.30. The van der Waals surface area contributed by atoms with Crippen LogP contribution in [0.4, 0.5) is 0 Å². The minimum atomic E-state index is -4.96. The van der Waals surface area contributed by atoms with Crippen molar-refractivity contribution in [1.82, 2.24) is 0 Å². The molecule has 0 bridgehead atoms. The van der Waals surface area contributed by atoms with Crippen LogP contribution in [0.2, 0.25) is 0 Å². The molecule has 0 rings (SSSR count). The second kappa shape index (κ2) is 67.2. The number of unbranched alkanes of at least 4 members (excludes halogenated alkanes) is 40. The number of phosphoric ester groups is 2. The molecule has 0 heterocycles. The minimum Gasteiger partial charge on any atom is -0.462 e. The molecule has 0 spiro atoms. The summed E-state index contributed by atoms with van der Waals surface area (Å²) < 4.78 is 68.6. The first-order valence-electron chi connectivity index (χ1n) is 40.2. The topological polar surface area (TPSA) is 237 Å². The van der Waals surface area contributed by atoms with E-state index in [1.807, 2.05) is 0 Å². The molecule has 0 amide bonds. The normalized spacial score (nSPS) is 14.4. The molecule has 17 nitrogen and oxygen atoms in total. The Morgan fingerprint density at radius 2 is 0.495 bits per heavy atom. The van der Waals surface area contributed by atoms with Gasteiger partial charge < -0.3 is 33.8 Å². The monoisotopic (exact) mass is 1420 g/mol. The molecule has 0 aromatic heterocycles. The summed E-state index contributed by atoms with van der Waals surface area (Å²) in [6.45, 7) is 14.2. The number of rotatable bonds is 75. The number of hydrogen-bond donors (Lipinski definition) is 3. The molecule has 0 radical (unpaired) electrons. The first kappa shape index (κ1) is 95.1. The van der Waals surface area contributed by atoms with E-state index in [0.717, 1.165) is 120 Å². The summed E-state index contributed by atoms with van der Waals surface area (Å²) >= 11 is 0. The van der Waals surface area contributed by atoms with Crippen LogP contribution in [0.5, 0.6) is 0 Å². The molecule has 0 saturated heterocycles. The summed E-state index contributed by atoms with van der Waals surface area (Å²) in [6.07, 6.45) is 52.7. The molecule has 6 atom stereocenters. The Morgan fingerprint density at radius 1 is 0.289 bits per heavy atom. The van der Waals surface area contributed by atoms with Gasteiger partial charge >= 0.3 is 39.5 Å². The average molecular weight is 1420 g/mol. The number of esters is 4. The molecule has 0 aliphatic carbocycles. The maximum Gasteiger partial charge on any atom is 0.472 e. The Kier molecular flexibility index (Phi) is 65.9. The summed E-state index contributed by atoms with van der Waals surface area (Å²) in [4.78, 5) is 72.9. The van der Waals surface area contributed by atoms with Gasteiger partial charge in [-0.25, -0.2) is 9.13 Å². The average Bonchev–Trinajstić information content (AvgIpc) is 1.28. The highest BCUT2D eigenvalue weighted by atomic mass is 31.2. The van der Waals surface area contributed by atoms with Gasteiger partial charge in [0.25, 0.3) is 0 Å². The minimum absolute atomic E-state index is 0.106. The first-order chi connectivity index (χ1) is 46.6. The molecule has 576 valence electrons. The van der Waals surface area contributed by atoms with E-state index in [2.05, 4.69) is 55.4 Å². The smallest absolute Gasteiger partial charge is 0.462 e. The van der Waals surface area contributed by atoms with Crippen LogP contribution in [0.1, 0.15) is 396 Å². The standard InChI is InChI=1S/C78H152O17P2/c1-9-71(8)57-49-41-36-37-43-51-59-76(81)89-65-74(95-78(83)60-52-44-34-28-20-16-12-10-11-14-18-24-30-38-46-54-68(2)3)67-93-97(86,87)91-63-72(79)62-90-96(84,85)92-66-73(64-88-75(80)58-50-42-33-27-23-22-26-32-40-48-56-70(6)7)94-77(82)61-53-45-35-29-21-17-13-15-19-25-31-39-47-55-69(4)5/h68-74,79H,9-67H2,1-8H3,(H,84,85)(H,86,87)/t71?,72-,73-,74-/m1/s1. The molecule has 0 saturated carbocycles. The lowest BCUT2D eigenvalue weighted by Crippen LogP contribution is -2.30. The zero-order chi connectivity index (χ0) is 71.7. The molecule has 0 aliphatic rings. The summed E-state index contributed by atoms with van der Waals surface area (Å²) in [5.41, 5.74) is 0. The van der Waals surface area contributed by atoms with E-state index in [1.165, 1.54) is 193 Å². The Hall–Kier alpha value is -1.94. The van der Waals surface area contributed by atoms with Crippen LogP contribution in [-0.4, -0.2) is 96.7 Å². The fourth-order valence-electron chi connectivity index (χ4n) is 11.9. The van der Waals surface area contributed by atoms with Crippen molar-refractivity contribution in [2.75, 3.05) is 39.6 Å². The van der Waals surface area contributed by atoms with E-state index >= 15 is 0 Å². The zero-order valence-electron chi connectivity index (χ0n) is 63.7. The summed E-state index contributed by atoms with van der Waals surface area (Å²) in [5.74, 6) is 0.960. The van der Waals surface area contributed by atoms with Crippen LogP contribution in [0.3, 0.4) is 0 Å². The third-order valence-corrected chi connectivity index (χ3v) is 20.3. The summed E-state index contributed by atoms with van der Waals surface area (Å²) in [5, 5.41) is 10.6. The maximum absolute atomic E-state index is 13.1. The van der Waals surface area contributed by atoms with E-state index in [1.54, 1.807) is 0 Å². The van der Waals surface area contributed by atoms with E-state index in [0.29, 0.717) is 25.7 Å². The van der Waals surface area contributed by atoms with Gasteiger partial charge in [-0.2, -0.15) is 0 Å². The van der Waals surface area contributed by atoms with Crippen LogP contribution in [0, 0.1) is 23.7 Å². The van der Waals surface area contributed by atoms with Crippen molar-refractivity contribution in [2.45, 2.75) is 414 Å². The third-order valence-electron chi connectivity index (χ3n) is 18.4. The van der Waals surface area contributed by atoms with E-state index in [9.17, 15) is 43.2 Å². The van der Waals surface area contributed by atoms with E-state index < -0.39 is 97.5 Å². The Labute approximate surface area is 594 Å². The van der Waals surface area contributed by atoms with Gasteiger partial charge in [-0.15, -0.1) is 0 Å². The van der Waals surface area contributed by atoms with Gasteiger partial charge in [0.05, 0.1) is 26.4 Å².